The van der Waals surface area contributed by atoms with Crippen LogP contribution >= 0.6 is 0 Å². The van der Waals surface area contributed by atoms with E-state index in [0.29, 0.717) is 0 Å². The van der Waals surface area contributed by atoms with Crippen molar-refractivity contribution < 1.29 is 0 Å². The van der Waals surface area contributed by atoms with Gasteiger partial charge in [0.2, 0.25) is 0 Å². The minimum absolute atomic E-state index is 0.427. The maximum absolute atomic E-state index is 3.17. The Hall–Kier alpha value is 2.82. The summed E-state index contributed by atoms with van der Waals surface area (Å²) in [4.78, 5) is 0. The highest BCUT2D eigenvalue weighted by molar-refractivity contribution is 8.20. The first-order valence-electron chi connectivity index (χ1n) is 16.5. The van der Waals surface area contributed by atoms with Gasteiger partial charge in [-0.3, -0.25) is 0 Å². The smallest absolute Gasteiger partial charge is 0.0331 e. The van der Waals surface area contributed by atoms with E-state index in [1.807, 2.05) is 0 Å². The second kappa shape index (κ2) is 11.5. The Balaban J connectivity index is 8.78. The molecular formula is C27H81Si13. The lowest BCUT2D eigenvalue weighted by molar-refractivity contribution is 1.73. The Morgan fingerprint density at radius 1 is 0.200 bits per heavy atom. The molecule has 0 saturated carbocycles. The molecule has 0 aliphatic heterocycles. The molecule has 0 fully saturated rings. The molecule has 0 aliphatic rings. The lowest BCUT2D eigenvalue weighted by atomic mass is 11.8. The molecule has 0 saturated heterocycles. The topological polar surface area (TPSA) is 0 Å². The SMILES string of the molecule is C[Si](C)(C)[Si](C)([Si](C)(C)C)[Si](C)(C)[Si]([Si](C)(C)[Si](C)([Si](C)(C)C)[Si](C)(C)C)[Si](C)(C)[Si](C)([Si](C)(C)C)[Si](C)(C)C. The number of hydrogen-bond acceptors (Lipinski definition) is 0. The summed E-state index contributed by atoms with van der Waals surface area (Å²) in [6.07, 6.45) is 0. The van der Waals surface area contributed by atoms with E-state index in [-0.39, 0.29) is 0 Å². The Bertz CT molecular complexity index is 735. The molecule has 0 bridgehead atoms. The minimum atomic E-state index is -1.52. The third kappa shape index (κ3) is 6.24. The van der Waals surface area contributed by atoms with Gasteiger partial charge in [0.15, 0.2) is 0 Å². The van der Waals surface area contributed by atoms with Crippen molar-refractivity contribution in [2.75, 3.05) is 0 Å². The van der Waals surface area contributed by atoms with Crippen molar-refractivity contribution in [1.82, 2.24) is 0 Å². The summed E-state index contributed by atoms with van der Waals surface area (Å²) in [5.74, 6) is 0. The highest BCUT2D eigenvalue weighted by Crippen LogP contribution is 2.50. The van der Waals surface area contributed by atoms with E-state index in [1.165, 1.54) is 0 Å². The Kier molecular flexibility index (Phi) is 12.3. The molecule has 0 spiro atoms. The number of rotatable bonds is 12. The van der Waals surface area contributed by atoms with Crippen LogP contribution in [0.25, 0.3) is 0 Å². The molecule has 0 amide bonds. The fourth-order valence-electron chi connectivity index (χ4n) is 12.1. The van der Waals surface area contributed by atoms with Crippen LogP contribution in [0.15, 0.2) is 0 Å². The zero-order valence-corrected chi connectivity index (χ0v) is 46.5. The molecule has 0 aromatic rings. The molecule has 0 unspecified atom stereocenters. The third-order valence-electron chi connectivity index (χ3n) is 14.6. The van der Waals surface area contributed by atoms with Crippen LogP contribution < -0.4 is 0 Å². The maximum Gasteiger partial charge on any atom is 0.0331 e. The monoisotopic (exact) mass is 769 g/mol. The van der Waals surface area contributed by atoms with Gasteiger partial charge in [-0.2, -0.15) is 0 Å². The highest BCUT2D eigenvalue weighted by Gasteiger charge is 2.76. The summed E-state index contributed by atoms with van der Waals surface area (Å²) < 4.78 is 0. The van der Waals surface area contributed by atoms with Crippen LogP contribution in [0.1, 0.15) is 0 Å². The van der Waals surface area contributed by atoms with Crippen LogP contribution in [0.5, 0.6) is 0 Å². The molecule has 40 heavy (non-hydrogen) atoms. The van der Waals surface area contributed by atoms with E-state index in [0.717, 1.165) is 0 Å². The van der Waals surface area contributed by atoms with Gasteiger partial charge in [0, 0.05) is 94.1 Å². The predicted molar refractivity (Wildman–Crippen MR) is 233 cm³/mol. The molecule has 1 radical (unpaired) electrons. The van der Waals surface area contributed by atoms with Crippen LogP contribution in [0.2, 0.25) is 177 Å². The molecule has 0 heterocycles. The maximum atomic E-state index is 3.17. The van der Waals surface area contributed by atoms with E-state index < -0.39 is 94.1 Å². The average molecular weight is 771 g/mol. The number of hydrogen-bond donors (Lipinski definition) is 0. The van der Waals surface area contributed by atoms with Crippen LogP contribution in [-0.2, 0) is 0 Å². The van der Waals surface area contributed by atoms with Crippen LogP contribution in [-0.4, -0.2) is 94.1 Å². The van der Waals surface area contributed by atoms with E-state index in [4.69, 9.17) is 0 Å². The minimum Gasteiger partial charge on any atom is -0.0749 e. The summed E-state index contributed by atoms with van der Waals surface area (Å²) in [6.45, 7) is 76.0. The van der Waals surface area contributed by atoms with Crippen LogP contribution in [0, 0.1) is 0 Å². The van der Waals surface area contributed by atoms with Crippen LogP contribution in [0.3, 0.4) is 0 Å². The van der Waals surface area contributed by atoms with Gasteiger partial charge in [-0.1, -0.05) is 177 Å². The summed E-state index contributed by atoms with van der Waals surface area (Å²) in [5.41, 5.74) is 0. The highest BCUT2D eigenvalue weighted by atomic mass is 30.3. The lowest BCUT2D eigenvalue weighted by Crippen LogP contribution is -3.01. The second-order valence-electron chi connectivity index (χ2n) is 22.1. The molecule has 0 atom stereocenters. The molecule has 0 rings (SSSR count). The van der Waals surface area contributed by atoms with Gasteiger partial charge < -0.3 is 0 Å². The zero-order chi connectivity index (χ0) is 33.6. The van der Waals surface area contributed by atoms with E-state index in [9.17, 15) is 0 Å². The van der Waals surface area contributed by atoms with Crippen LogP contribution in [0.4, 0.5) is 0 Å². The Labute approximate surface area is 268 Å². The predicted octanol–water partition coefficient (Wildman–Crippen LogP) is 10.8. The van der Waals surface area contributed by atoms with Gasteiger partial charge in [0.1, 0.15) is 0 Å². The molecule has 241 valence electrons. The summed E-state index contributed by atoms with van der Waals surface area (Å²) in [7, 11) is -12.8. The standard InChI is InChI=1S/C27H81Si13/c1-29(2,3)38(25,30(4,5)6)35(19,20)28(36(21,22)39(26,31(7,8)9)32(10,11)12)37(23,24)40(27,33(13,14)15)34(16,17)18/h1-27H3. The van der Waals surface area contributed by atoms with E-state index in [2.05, 4.69) is 177 Å². The Morgan fingerprint density at radius 2 is 0.300 bits per heavy atom. The zero-order valence-electron chi connectivity index (χ0n) is 33.5. The van der Waals surface area contributed by atoms with Crippen molar-refractivity contribution in [3.05, 3.63) is 0 Å². The van der Waals surface area contributed by atoms with Crippen molar-refractivity contribution in [1.29, 1.82) is 0 Å². The second-order valence-corrected chi connectivity index (χ2v) is 170. The largest absolute Gasteiger partial charge is 0.0749 e. The quantitative estimate of drug-likeness (QED) is 0.173. The normalized spacial score (nSPS) is 17.1. The van der Waals surface area contributed by atoms with Gasteiger partial charge in [-0.05, 0) is 0 Å². The van der Waals surface area contributed by atoms with E-state index in [1.54, 1.807) is 0 Å². The summed E-state index contributed by atoms with van der Waals surface area (Å²) >= 11 is 0. The van der Waals surface area contributed by atoms with Gasteiger partial charge in [-0.25, -0.2) is 0 Å². The molecule has 0 aliphatic carbocycles. The molecule has 0 N–H and O–H groups in total. The van der Waals surface area contributed by atoms with Gasteiger partial charge >= 0.3 is 0 Å². The first-order valence-corrected chi connectivity index (χ1v) is 67.5. The first kappa shape index (κ1) is 42.8. The summed E-state index contributed by atoms with van der Waals surface area (Å²) in [5, 5.41) is 0. The Morgan fingerprint density at radius 3 is 0.375 bits per heavy atom. The molecule has 13 heteroatoms. The summed E-state index contributed by atoms with van der Waals surface area (Å²) in [6, 6.07) is 0. The van der Waals surface area contributed by atoms with Crippen molar-refractivity contribution >= 4 is 94.1 Å². The van der Waals surface area contributed by atoms with Crippen molar-refractivity contribution in [2.24, 2.45) is 0 Å². The fourth-order valence-corrected chi connectivity index (χ4v) is 549. The molecule has 0 aromatic carbocycles. The molecule has 0 nitrogen and oxygen atoms in total. The fraction of sp³-hybridized carbons (Fsp3) is 1.00. The molecule has 0 aromatic heterocycles. The van der Waals surface area contributed by atoms with Gasteiger partial charge in [-0.15, -0.1) is 0 Å². The van der Waals surface area contributed by atoms with Crippen molar-refractivity contribution in [2.45, 2.75) is 177 Å². The lowest BCUT2D eigenvalue weighted by Gasteiger charge is -2.71. The van der Waals surface area contributed by atoms with Gasteiger partial charge in [0.25, 0.3) is 0 Å². The molecular weight excluding hydrogens is 689 g/mol. The average Bonchev–Trinajstić information content (AvgIpc) is 2.58. The van der Waals surface area contributed by atoms with Gasteiger partial charge in [0.05, 0.1) is 0 Å². The van der Waals surface area contributed by atoms with Crippen molar-refractivity contribution in [3.8, 4) is 0 Å². The first-order chi connectivity index (χ1) is 16.6. The van der Waals surface area contributed by atoms with E-state index >= 15 is 0 Å². The van der Waals surface area contributed by atoms with Crippen molar-refractivity contribution in [3.63, 3.8) is 0 Å². The third-order valence-corrected chi connectivity index (χ3v) is 327.